The fourth-order valence-electron chi connectivity index (χ4n) is 4.74. The van der Waals surface area contributed by atoms with Crippen molar-refractivity contribution >= 4 is 11.9 Å². The molecule has 1 N–H and O–H groups in total. The van der Waals surface area contributed by atoms with E-state index in [1.54, 1.807) is 0 Å². The maximum atomic E-state index is 12.1. The van der Waals surface area contributed by atoms with Crippen molar-refractivity contribution in [2.24, 2.45) is 0 Å². The normalized spacial score (nSPS) is 12.5. The first-order valence-electron chi connectivity index (χ1n) is 17.5. The van der Waals surface area contributed by atoms with Crippen LogP contribution in [0.15, 0.2) is 36.5 Å². The van der Waals surface area contributed by atoms with Gasteiger partial charge in [0, 0.05) is 12.8 Å². The first-order chi connectivity index (χ1) is 20.6. The molecule has 244 valence electrons. The van der Waals surface area contributed by atoms with Crippen LogP contribution >= 0.6 is 0 Å². The standard InChI is InChI=1S/C37H66O5/c1-3-5-7-9-11-13-15-17-18-20-21-23-25-27-29-31-36(39)41-34-35(33-38)42-37(40)32-30-28-26-24-22-19-16-14-12-10-8-6-4-2/h11,13,17-18,21,23,35,38H,3-10,12,14-16,19-20,22,24-34H2,1-2H3. The zero-order chi connectivity index (χ0) is 30.8. The molecule has 5 nitrogen and oxygen atoms in total. The molecular weight excluding hydrogens is 524 g/mol. The predicted octanol–water partition coefficient (Wildman–Crippen LogP) is 10.5. The Labute approximate surface area is 259 Å². The Bertz CT molecular complexity index is 682. The minimum atomic E-state index is -0.782. The molecule has 0 rings (SSSR count). The van der Waals surface area contributed by atoms with Gasteiger partial charge in [0.05, 0.1) is 6.61 Å². The van der Waals surface area contributed by atoms with Crippen molar-refractivity contribution in [2.45, 2.75) is 174 Å². The summed E-state index contributed by atoms with van der Waals surface area (Å²) in [5.74, 6) is -0.635. The number of aliphatic hydroxyl groups excluding tert-OH is 1. The fourth-order valence-corrected chi connectivity index (χ4v) is 4.74. The fraction of sp³-hybridized carbons (Fsp3) is 0.784. The molecule has 0 saturated carbocycles. The summed E-state index contributed by atoms with van der Waals surface area (Å²) in [5.41, 5.74) is 0. The third-order valence-corrected chi connectivity index (χ3v) is 7.44. The quantitative estimate of drug-likeness (QED) is 0.0494. The van der Waals surface area contributed by atoms with Crippen molar-refractivity contribution < 1.29 is 24.2 Å². The molecule has 0 amide bonds. The van der Waals surface area contributed by atoms with Gasteiger partial charge in [0.1, 0.15) is 6.61 Å². The average molecular weight is 591 g/mol. The summed E-state index contributed by atoms with van der Waals surface area (Å²) in [7, 11) is 0. The Kier molecular flexibility index (Phi) is 32.1. The summed E-state index contributed by atoms with van der Waals surface area (Å²) in [4.78, 5) is 24.1. The van der Waals surface area contributed by atoms with Crippen molar-refractivity contribution in [3.8, 4) is 0 Å². The molecule has 0 aromatic heterocycles. The summed E-state index contributed by atoms with van der Waals surface area (Å²) in [6.07, 6.45) is 39.1. The number of rotatable bonds is 31. The minimum absolute atomic E-state index is 0.0835. The highest BCUT2D eigenvalue weighted by Gasteiger charge is 2.16. The molecule has 0 aliphatic carbocycles. The Morgan fingerprint density at radius 3 is 1.48 bits per heavy atom. The van der Waals surface area contributed by atoms with Crippen LogP contribution in [-0.4, -0.2) is 36.4 Å². The van der Waals surface area contributed by atoms with E-state index in [0.717, 1.165) is 51.4 Å². The lowest BCUT2D eigenvalue weighted by molar-refractivity contribution is -0.161. The Hall–Kier alpha value is -1.88. The summed E-state index contributed by atoms with van der Waals surface area (Å²) in [5, 5.41) is 9.50. The maximum absolute atomic E-state index is 12.1. The van der Waals surface area contributed by atoms with Crippen LogP contribution in [-0.2, 0) is 19.1 Å². The van der Waals surface area contributed by atoms with Crippen LogP contribution in [0.2, 0.25) is 0 Å². The van der Waals surface area contributed by atoms with Crippen LogP contribution in [0.25, 0.3) is 0 Å². The van der Waals surface area contributed by atoms with E-state index in [1.165, 1.54) is 89.9 Å². The van der Waals surface area contributed by atoms with Gasteiger partial charge in [-0.05, 0) is 51.4 Å². The van der Waals surface area contributed by atoms with E-state index >= 15 is 0 Å². The molecule has 0 fully saturated rings. The Morgan fingerprint density at radius 2 is 0.952 bits per heavy atom. The largest absolute Gasteiger partial charge is 0.462 e. The second kappa shape index (κ2) is 33.6. The number of aliphatic hydroxyl groups is 1. The predicted molar refractivity (Wildman–Crippen MR) is 178 cm³/mol. The van der Waals surface area contributed by atoms with Gasteiger partial charge in [-0.3, -0.25) is 9.59 Å². The summed E-state index contributed by atoms with van der Waals surface area (Å²) >= 11 is 0. The first-order valence-corrected chi connectivity index (χ1v) is 17.5. The van der Waals surface area contributed by atoms with Crippen molar-refractivity contribution in [3.63, 3.8) is 0 Å². The lowest BCUT2D eigenvalue weighted by Gasteiger charge is -2.15. The van der Waals surface area contributed by atoms with E-state index in [-0.39, 0.29) is 25.2 Å². The van der Waals surface area contributed by atoms with Crippen LogP contribution in [0.5, 0.6) is 0 Å². The SMILES string of the molecule is CCCCCC=CCC=CCC=CCCCCC(=O)OCC(CO)OC(=O)CCCCCCCCCCCCCCC. The van der Waals surface area contributed by atoms with Crippen LogP contribution in [0.4, 0.5) is 0 Å². The number of carbonyl (C=O) groups is 2. The third-order valence-electron chi connectivity index (χ3n) is 7.44. The van der Waals surface area contributed by atoms with E-state index in [0.29, 0.717) is 12.8 Å². The third kappa shape index (κ3) is 31.1. The first kappa shape index (κ1) is 40.1. The second-order valence-corrected chi connectivity index (χ2v) is 11.6. The number of allylic oxidation sites excluding steroid dienone is 6. The van der Waals surface area contributed by atoms with Gasteiger partial charge in [-0.2, -0.15) is 0 Å². The molecular formula is C37H66O5. The molecule has 1 atom stereocenters. The molecule has 1 unspecified atom stereocenters. The van der Waals surface area contributed by atoms with E-state index in [1.807, 2.05) is 0 Å². The van der Waals surface area contributed by atoms with Crippen molar-refractivity contribution in [3.05, 3.63) is 36.5 Å². The van der Waals surface area contributed by atoms with E-state index in [9.17, 15) is 14.7 Å². The van der Waals surface area contributed by atoms with Gasteiger partial charge >= 0.3 is 11.9 Å². The van der Waals surface area contributed by atoms with Gasteiger partial charge < -0.3 is 14.6 Å². The van der Waals surface area contributed by atoms with Gasteiger partial charge in [0.2, 0.25) is 0 Å². The highest BCUT2D eigenvalue weighted by molar-refractivity contribution is 5.70. The molecule has 0 aliphatic rings. The van der Waals surface area contributed by atoms with Gasteiger partial charge in [-0.25, -0.2) is 0 Å². The smallest absolute Gasteiger partial charge is 0.306 e. The van der Waals surface area contributed by atoms with Gasteiger partial charge in [-0.15, -0.1) is 0 Å². The number of esters is 2. The zero-order valence-electron chi connectivity index (χ0n) is 27.5. The van der Waals surface area contributed by atoms with Crippen LogP contribution in [0, 0.1) is 0 Å². The monoisotopic (exact) mass is 590 g/mol. The lowest BCUT2D eigenvalue weighted by atomic mass is 10.0. The van der Waals surface area contributed by atoms with Crippen LogP contribution < -0.4 is 0 Å². The molecule has 0 bridgehead atoms. The molecule has 0 saturated heterocycles. The molecule has 42 heavy (non-hydrogen) atoms. The lowest BCUT2D eigenvalue weighted by Crippen LogP contribution is -2.28. The highest BCUT2D eigenvalue weighted by Crippen LogP contribution is 2.13. The molecule has 0 heterocycles. The number of ether oxygens (including phenoxy) is 2. The second-order valence-electron chi connectivity index (χ2n) is 11.6. The highest BCUT2D eigenvalue weighted by atomic mass is 16.6. The maximum Gasteiger partial charge on any atom is 0.306 e. The zero-order valence-corrected chi connectivity index (χ0v) is 27.5. The molecule has 5 heteroatoms. The Balaban J connectivity index is 3.65. The number of unbranched alkanes of at least 4 members (excludes halogenated alkanes) is 17. The minimum Gasteiger partial charge on any atom is -0.462 e. The molecule has 0 radical (unpaired) electrons. The van der Waals surface area contributed by atoms with Gasteiger partial charge in [0.15, 0.2) is 6.10 Å². The average Bonchev–Trinajstić information content (AvgIpc) is 2.99. The number of hydrogen-bond acceptors (Lipinski definition) is 5. The van der Waals surface area contributed by atoms with Crippen molar-refractivity contribution in [1.82, 2.24) is 0 Å². The molecule has 0 spiro atoms. The number of carbonyl (C=O) groups excluding carboxylic acids is 2. The number of hydrogen-bond donors (Lipinski definition) is 1. The molecule has 0 aromatic carbocycles. The summed E-state index contributed by atoms with van der Waals surface area (Å²) in [6.45, 7) is 4.06. The van der Waals surface area contributed by atoms with E-state index < -0.39 is 6.10 Å². The molecule has 0 aromatic rings. The van der Waals surface area contributed by atoms with E-state index in [2.05, 4.69) is 50.3 Å². The van der Waals surface area contributed by atoms with Crippen LogP contribution in [0.3, 0.4) is 0 Å². The Morgan fingerprint density at radius 1 is 0.548 bits per heavy atom. The van der Waals surface area contributed by atoms with Gasteiger partial charge in [0.25, 0.3) is 0 Å². The van der Waals surface area contributed by atoms with E-state index in [4.69, 9.17) is 9.47 Å². The van der Waals surface area contributed by atoms with Gasteiger partial charge in [-0.1, -0.05) is 140 Å². The van der Waals surface area contributed by atoms with Crippen molar-refractivity contribution in [2.75, 3.05) is 13.2 Å². The topological polar surface area (TPSA) is 72.8 Å². The van der Waals surface area contributed by atoms with Crippen molar-refractivity contribution in [1.29, 1.82) is 0 Å². The summed E-state index contributed by atoms with van der Waals surface area (Å²) < 4.78 is 10.5. The van der Waals surface area contributed by atoms with Crippen LogP contribution in [0.1, 0.15) is 168 Å². The molecule has 0 aliphatic heterocycles. The summed E-state index contributed by atoms with van der Waals surface area (Å²) in [6, 6.07) is 0.